The fourth-order valence-corrected chi connectivity index (χ4v) is 4.67. The van der Waals surface area contributed by atoms with Crippen LogP contribution in [0, 0.1) is 5.92 Å². The van der Waals surface area contributed by atoms with Crippen LogP contribution >= 0.6 is 11.3 Å². The number of rotatable bonds is 6. The third kappa shape index (κ3) is 3.58. The Morgan fingerprint density at radius 3 is 2.76 bits per heavy atom. The molecule has 146 valence electrons. The molecular formula is C24H22N2O2S. The molecule has 4 nitrogen and oxygen atoms in total. The van der Waals surface area contributed by atoms with E-state index in [-0.39, 0.29) is 18.1 Å². The van der Waals surface area contributed by atoms with Gasteiger partial charge in [-0.3, -0.25) is 9.59 Å². The van der Waals surface area contributed by atoms with Gasteiger partial charge < -0.3 is 10.6 Å². The first-order valence-corrected chi connectivity index (χ1v) is 10.9. The average molecular weight is 403 g/mol. The predicted octanol–water partition coefficient (Wildman–Crippen LogP) is 4.72. The smallest absolute Gasteiger partial charge is 0.231 e. The Balaban J connectivity index is 1.37. The average Bonchev–Trinajstić information content (AvgIpc) is 3.25. The van der Waals surface area contributed by atoms with Crippen LogP contribution in [0.1, 0.15) is 34.3 Å². The van der Waals surface area contributed by atoms with Gasteiger partial charge in [0.2, 0.25) is 5.91 Å². The number of hydrogen-bond donors (Lipinski definition) is 1. The Kier molecular flexibility index (Phi) is 4.47. The second kappa shape index (κ2) is 7.16. The van der Waals surface area contributed by atoms with E-state index in [1.807, 2.05) is 52.7 Å². The van der Waals surface area contributed by atoms with Crippen molar-refractivity contribution in [2.75, 3.05) is 17.2 Å². The second-order valence-corrected chi connectivity index (χ2v) is 8.91. The van der Waals surface area contributed by atoms with Crippen molar-refractivity contribution in [2.24, 2.45) is 5.92 Å². The topological polar surface area (TPSA) is 63.4 Å². The molecular weight excluding hydrogens is 380 g/mol. The molecule has 1 aromatic heterocycles. The van der Waals surface area contributed by atoms with E-state index < -0.39 is 0 Å². The Hall–Kier alpha value is -2.92. The molecule has 2 aromatic carbocycles. The first-order valence-electron chi connectivity index (χ1n) is 9.97. The highest BCUT2D eigenvalue weighted by Gasteiger charge is 2.33. The van der Waals surface area contributed by atoms with Gasteiger partial charge in [-0.05, 0) is 77.2 Å². The molecule has 1 aliphatic heterocycles. The van der Waals surface area contributed by atoms with Gasteiger partial charge in [0.25, 0.3) is 0 Å². The maximum atomic E-state index is 13.0. The lowest BCUT2D eigenvalue weighted by Crippen LogP contribution is -2.28. The first kappa shape index (κ1) is 18.1. The van der Waals surface area contributed by atoms with Crippen molar-refractivity contribution in [1.82, 2.24) is 0 Å². The summed E-state index contributed by atoms with van der Waals surface area (Å²) in [7, 11) is 0. The van der Waals surface area contributed by atoms with E-state index in [1.54, 1.807) is 11.3 Å². The van der Waals surface area contributed by atoms with Gasteiger partial charge in [-0.15, -0.1) is 11.3 Å². The molecule has 3 aromatic rings. The molecule has 1 fully saturated rings. The fraction of sp³-hybridized carbons (Fsp3) is 0.250. The number of thiophene rings is 1. The molecule has 0 bridgehead atoms. The Labute approximate surface area is 174 Å². The third-order valence-electron chi connectivity index (χ3n) is 5.77. The van der Waals surface area contributed by atoms with Gasteiger partial charge >= 0.3 is 0 Å². The SMILES string of the molecule is Nc1ccc(-c2cccs2)cc1CC(=O)c1ccc2c(c1)CC(=O)N2CC1CC1. The van der Waals surface area contributed by atoms with Crippen molar-refractivity contribution in [3.05, 3.63) is 70.6 Å². The molecule has 0 unspecified atom stereocenters. The molecule has 1 amide bonds. The van der Waals surface area contributed by atoms with Gasteiger partial charge in [0.05, 0.1) is 6.42 Å². The number of ketones is 1. The quantitative estimate of drug-likeness (QED) is 0.479. The number of hydrogen-bond acceptors (Lipinski definition) is 4. The van der Waals surface area contributed by atoms with Gasteiger partial charge in [-0.2, -0.15) is 0 Å². The highest BCUT2D eigenvalue weighted by atomic mass is 32.1. The van der Waals surface area contributed by atoms with Gasteiger partial charge in [0, 0.05) is 34.8 Å². The van der Waals surface area contributed by atoms with Gasteiger partial charge in [0.1, 0.15) is 0 Å². The summed E-state index contributed by atoms with van der Waals surface area (Å²) in [5, 5.41) is 2.04. The molecule has 1 aliphatic carbocycles. The minimum Gasteiger partial charge on any atom is -0.398 e. The maximum Gasteiger partial charge on any atom is 0.231 e. The van der Waals surface area contributed by atoms with Crippen LogP contribution in [0.2, 0.25) is 0 Å². The van der Waals surface area contributed by atoms with Crippen LogP contribution in [0.5, 0.6) is 0 Å². The highest BCUT2D eigenvalue weighted by molar-refractivity contribution is 7.13. The summed E-state index contributed by atoms with van der Waals surface area (Å²) in [6.07, 6.45) is 3.06. The van der Waals surface area contributed by atoms with Crippen LogP contribution in [-0.2, 0) is 17.6 Å². The molecule has 2 aliphatic rings. The molecule has 2 N–H and O–H groups in total. The molecule has 0 saturated heterocycles. The first-order chi connectivity index (χ1) is 14.1. The van der Waals surface area contributed by atoms with Crippen LogP contribution in [0.15, 0.2) is 53.9 Å². The zero-order valence-corrected chi connectivity index (χ0v) is 16.9. The van der Waals surface area contributed by atoms with E-state index in [0.717, 1.165) is 33.8 Å². The van der Waals surface area contributed by atoms with Crippen molar-refractivity contribution in [3.8, 4) is 10.4 Å². The summed E-state index contributed by atoms with van der Waals surface area (Å²) in [6.45, 7) is 0.811. The van der Waals surface area contributed by atoms with E-state index in [4.69, 9.17) is 5.73 Å². The van der Waals surface area contributed by atoms with Crippen molar-refractivity contribution in [1.29, 1.82) is 0 Å². The van der Waals surface area contributed by atoms with E-state index in [9.17, 15) is 9.59 Å². The number of fused-ring (bicyclic) bond motifs is 1. The molecule has 5 rings (SSSR count). The molecule has 1 saturated carbocycles. The molecule has 0 atom stereocenters. The van der Waals surface area contributed by atoms with E-state index in [0.29, 0.717) is 23.6 Å². The van der Waals surface area contributed by atoms with E-state index in [1.165, 1.54) is 12.8 Å². The third-order valence-corrected chi connectivity index (χ3v) is 6.69. The Bertz CT molecular complexity index is 1100. The zero-order valence-electron chi connectivity index (χ0n) is 16.1. The Morgan fingerprint density at radius 1 is 1.14 bits per heavy atom. The summed E-state index contributed by atoms with van der Waals surface area (Å²) in [6, 6.07) is 15.6. The van der Waals surface area contributed by atoms with Crippen LogP contribution in [0.3, 0.4) is 0 Å². The van der Waals surface area contributed by atoms with Gasteiger partial charge in [-0.25, -0.2) is 0 Å². The van der Waals surface area contributed by atoms with Crippen molar-refractivity contribution < 1.29 is 9.59 Å². The summed E-state index contributed by atoms with van der Waals surface area (Å²) in [4.78, 5) is 28.4. The van der Waals surface area contributed by atoms with Crippen molar-refractivity contribution in [3.63, 3.8) is 0 Å². The molecule has 0 spiro atoms. The minimum atomic E-state index is 0.0240. The number of nitrogen functional groups attached to an aromatic ring is 1. The monoisotopic (exact) mass is 402 g/mol. The van der Waals surface area contributed by atoms with Crippen molar-refractivity contribution >= 4 is 34.4 Å². The van der Waals surface area contributed by atoms with Gasteiger partial charge in [-0.1, -0.05) is 12.1 Å². The Morgan fingerprint density at radius 2 is 2.00 bits per heavy atom. The van der Waals surface area contributed by atoms with Crippen LogP contribution in [0.4, 0.5) is 11.4 Å². The number of benzene rings is 2. The maximum absolute atomic E-state index is 13.0. The fourth-order valence-electron chi connectivity index (χ4n) is 3.95. The highest BCUT2D eigenvalue weighted by Crippen LogP contribution is 2.36. The van der Waals surface area contributed by atoms with Crippen molar-refractivity contribution in [2.45, 2.75) is 25.7 Å². The van der Waals surface area contributed by atoms with Crippen LogP contribution in [0.25, 0.3) is 10.4 Å². The number of Topliss-reactive ketones (excluding diaryl/α,β-unsaturated/α-hetero) is 1. The van der Waals surface area contributed by atoms with Crippen LogP contribution < -0.4 is 10.6 Å². The van der Waals surface area contributed by atoms with E-state index >= 15 is 0 Å². The second-order valence-electron chi connectivity index (χ2n) is 7.96. The minimum absolute atomic E-state index is 0.0240. The number of nitrogens with two attached hydrogens (primary N) is 1. The number of anilines is 2. The number of carbonyl (C=O) groups is 2. The molecule has 0 radical (unpaired) electrons. The van der Waals surface area contributed by atoms with Gasteiger partial charge in [0.15, 0.2) is 5.78 Å². The summed E-state index contributed by atoms with van der Waals surface area (Å²) in [5.74, 6) is 0.810. The standard InChI is InChI=1S/C24H22N2O2S/c25-20-7-5-17(23-2-1-9-29-23)11-18(20)12-22(27)16-6-8-21-19(10-16)13-24(28)26(21)14-15-3-4-15/h1-2,5-11,15H,3-4,12-14,25H2. The van der Waals surface area contributed by atoms with E-state index in [2.05, 4.69) is 6.07 Å². The summed E-state index contributed by atoms with van der Waals surface area (Å²) >= 11 is 1.67. The normalized spacial score (nSPS) is 15.6. The number of amides is 1. The summed E-state index contributed by atoms with van der Waals surface area (Å²) < 4.78 is 0. The lowest BCUT2D eigenvalue weighted by Gasteiger charge is -2.17. The van der Waals surface area contributed by atoms with Crippen LogP contribution in [-0.4, -0.2) is 18.2 Å². The number of carbonyl (C=O) groups excluding carboxylic acids is 2. The molecule has 2 heterocycles. The largest absolute Gasteiger partial charge is 0.398 e. The molecule has 5 heteroatoms. The lowest BCUT2D eigenvalue weighted by molar-refractivity contribution is -0.117. The molecule has 29 heavy (non-hydrogen) atoms. The summed E-state index contributed by atoms with van der Waals surface area (Å²) in [5.41, 5.74) is 11.3. The zero-order chi connectivity index (χ0) is 20.0. The lowest BCUT2D eigenvalue weighted by atomic mass is 9.98. The predicted molar refractivity (Wildman–Crippen MR) is 117 cm³/mol. The number of nitrogens with zero attached hydrogens (tertiary/aromatic N) is 1.